The highest BCUT2D eigenvalue weighted by Crippen LogP contribution is 1.94. The first kappa shape index (κ1) is 15.4. The second kappa shape index (κ2) is 9.60. The van der Waals surface area contributed by atoms with Crippen molar-refractivity contribution in [3.05, 3.63) is 0 Å². The van der Waals surface area contributed by atoms with Gasteiger partial charge in [0.2, 0.25) is 5.91 Å². The van der Waals surface area contributed by atoms with Crippen LogP contribution in [-0.4, -0.2) is 50.6 Å². The van der Waals surface area contributed by atoms with E-state index in [2.05, 4.69) is 36.4 Å². The van der Waals surface area contributed by atoms with Crippen LogP contribution in [0.15, 0.2) is 0 Å². The Morgan fingerprint density at radius 2 is 1.94 bits per heavy atom. The van der Waals surface area contributed by atoms with Crippen LogP contribution in [-0.2, 0) is 4.79 Å². The van der Waals surface area contributed by atoms with Crippen molar-refractivity contribution in [1.29, 1.82) is 0 Å². The third-order valence-corrected chi connectivity index (χ3v) is 2.72. The fourth-order valence-electron chi connectivity index (χ4n) is 1.33. The normalized spacial score (nSPS) is 11.1. The minimum atomic E-state index is 0.169. The molecule has 96 valence electrons. The van der Waals surface area contributed by atoms with Crippen LogP contribution in [0.5, 0.6) is 0 Å². The fraction of sp³-hybridized carbons (Fsp3) is 0.917. The lowest BCUT2D eigenvalue weighted by Crippen LogP contribution is -2.31. The highest BCUT2D eigenvalue weighted by Gasteiger charge is 2.03. The molecule has 0 atom stereocenters. The van der Waals surface area contributed by atoms with E-state index in [1.54, 1.807) is 0 Å². The molecule has 0 radical (unpaired) electrons. The summed E-state index contributed by atoms with van der Waals surface area (Å²) >= 11 is 0. The molecule has 0 spiro atoms. The van der Waals surface area contributed by atoms with Gasteiger partial charge in [-0.3, -0.25) is 4.79 Å². The minimum Gasteiger partial charge on any atom is -0.356 e. The molecular formula is C12H27N3O. The first-order valence-corrected chi connectivity index (χ1v) is 6.19. The van der Waals surface area contributed by atoms with Gasteiger partial charge in [0.1, 0.15) is 0 Å². The van der Waals surface area contributed by atoms with Crippen molar-refractivity contribution in [2.45, 2.75) is 39.2 Å². The van der Waals surface area contributed by atoms with Crippen molar-refractivity contribution in [2.24, 2.45) is 0 Å². The molecule has 4 heteroatoms. The second-order valence-electron chi connectivity index (χ2n) is 4.48. The van der Waals surface area contributed by atoms with Crippen molar-refractivity contribution in [3.63, 3.8) is 0 Å². The van der Waals surface area contributed by atoms with Crippen molar-refractivity contribution < 1.29 is 4.79 Å². The first-order chi connectivity index (χ1) is 7.57. The van der Waals surface area contributed by atoms with E-state index in [0.29, 0.717) is 12.5 Å². The van der Waals surface area contributed by atoms with Crippen molar-refractivity contribution in [2.75, 3.05) is 33.7 Å². The SMILES string of the molecule is CNCCCC(=O)NCCCN(C)C(C)C. The van der Waals surface area contributed by atoms with Gasteiger partial charge in [-0.2, -0.15) is 0 Å². The van der Waals surface area contributed by atoms with Gasteiger partial charge < -0.3 is 15.5 Å². The molecule has 0 aliphatic rings. The lowest BCUT2D eigenvalue weighted by Gasteiger charge is -2.20. The fourth-order valence-corrected chi connectivity index (χ4v) is 1.33. The Morgan fingerprint density at radius 3 is 2.50 bits per heavy atom. The molecule has 0 aliphatic heterocycles. The zero-order valence-electron chi connectivity index (χ0n) is 11.2. The van der Waals surface area contributed by atoms with E-state index in [0.717, 1.165) is 32.5 Å². The predicted molar refractivity (Wildman–Crippen MR) is 68.6 cm³/mol. The van der Waals surface area contributed by atoms with Gasteiger partial charge in [0, 0.05) is 19.0 Å². The number of carbonyl (C=O) groups excluding carboxylic acids is 1. The number of hydrogen-bond donors (Lipinski definition) is 2. The quantitative estimate of drug-likeness (QED) is 0.576. The molecule has 0 aromatic carbocycles. The highest BCUT2D eigenvalue weighted by atomic mass is 16.1. The van der Waals surface area contributed by atoms with Crippen molar-refractivity contribution >= 4 is 5.91 Å². The summed E-state index contributed by atoms with van der Waals surface area (Å²) in [5.74, 6) is 0.169. The van der Waals surface area contributed by atoms with E-state index in [1.165, 1.54) is 0 Å². The molecule has 16 heavy (non-hydrogen) atoms. The summed E-state index contributed by atoms with van der Waals surface area (Å²) in [5, 5.41) is 5.97. The van der Waals surface area contributed by atoms with Gasteiger partial charge in [-0.15, -0.1) is 0 Å². The van der Waals surface area contributed by atoms with Gasteiger partial charge in [0.15, 0.2) is 0 Å². The molecule has 0 unspecified atom stereocenters. The molecule has 0 saturated carbocycles. The second-order valence-corrected chi connectivity index (χ2v) is 4.48. The Balaban J connectivity index is 3.34. The lowest BCUT2D eigenvalue weighted by molar-refractivity contribution is -0.121. The summed E-state index contributed by atoms with van der Waals surface area (Å²) in [4.78, 5) is 13.6. The molecule has 0 fully saturated rings. The van der Waals surface area contributed by atoms with Crippen LogP contribution in [0.2, 0.25) is 0 Å². The smallest absolute Gasteiger partial charge is 0.220 e. The van der Waals surface area contributed by atoms with E-state index in [9.17, 15) is 4.79 Å². The molecule has 0 bridgehead atoms. The minimum absolute atomic E-state index is 0.169. The van der Waals surface area contributed by atoms with E-state index >= 15 is 0 Å². The van der Waals surface area contributed by atoms with E-state index in [4.69, 9.17) is 0 Å². The first-order valence-electron chi connectivity index (χ1n) is 6.19. The molecule has 4 nitrogen and oxygen atoms in total. The van der Waals surface area contributed by atoms with Crippen LogP contribution in [0.25, 0.3) is 0 Å². The van der Waals surface area contributed by atoms with E-state index < -0.39 is 0 Å². The number of nitrogens with one attached hydrogen (secondary N) is 2. The monoisotopic (exact) mass is 229 g/mol. The Morgan fingerprint density at radius 1 is 1.25 bits per heavy atom. The van der Waals surface area contributed by atoms with Gasteiger partial charge in [-0.1, -0.05) is 0 Å². The van der Waals surface area contributed by atoms with E-state index in [1.807, 2.05) is 7.05 Å². The lowest BCUT2D eigenvalue weighted by atomic mass is 10.3. The molecule has 0 saturated heterocycles. The van der Waals surface area contributed by atoms with Gasteiger partial charge >= 0.3 is 0 Å². The Kier molecular flexibility index (Phi) is 9.24. The maximum Gasteiger partial charge on any atom is 0.220 e. The summed E-state index contributed by atoms with van der Waals surface area (Å²) in [7, 11) is 4.01. The Bertz CT molecular complexity index is 183. The highest BCUT2D eigenvalue weighted by molar-refractivity contribution is 5.75. The van der Waals surface area contributed by atoms with Crippen molar-refractivity contribution in [1.82, 2.24) is 15.5 Å². The van der Waals surface area contributed by atoms with Crippen molar-refractivity contribution in [3.8, 4) is 0 Å². The number of nitrogens with zero attached hydrogens (tertiary/aromatic N) is 1. The third-order valence-electron chi connectivity index (χ3n) is 2.72. The standard InChI is InChI=1S/C12H27N3O/c1-11(2)15(4)10-6-9-14-12(16)7-5-8-13-3/h11,13H,5-10H2,1-4H3,(H,14,16). The van der Waals surface area contributed by atoms with E-state index in [-0.39, 0.29) is 5.91 Å². The van der Waals surface area contributed by atoms with Gasteiger partial charge in [0.05, 0.1) is 0 Å². The average Bonchev–Trinajstić information content (AvgIpc) is 2.24. The maximum atomic E-state index is 11.3. The number of rotatable bonds is 9. The largest absolute Gasteiger partial charge is 0.356 e. The van der Waals surface area contributed by atoms with Gasteiger partial charge in [0.25, 0.3) is 0 Å². The zero-order chi connectivity index (χ0) is 12.4. The molecule has 0 aromatic rings. The molecule has 0 aromatic heterocycles. The average molecular weight is 229 g/mol. The van der Waals surface area contributed by atoms with Gasteiger partial charge in [-0.05, 0) is 53.9 Å². The van der Waals surface area contributed by atoms with Crippen LogP contribution in [0.4, 0.5) is 0 Å². The third kappa shape index (κ3) is 8.68. The summed E-state index contributed by atoms with van der Waals surface area (Å²) in [6.07, 6.45) is 2.56. The summed E-state index contributed by atoms with van der Waals surface area (Å²) in [6.45, 7) is 7.08. The van der Waals surface area contributed by atoms with Crippen LogP contribution >= 0.6 is 0 Å². The zero-order valence-corrected chi connectivity index (χ0v) is 11.2. The molecule has 2 N–H and O–H groups in total. The Labute approximate surface area is 99.8 Å². The van der Waals surface area contributed by atoms with Crippen LogP contribution in [0, 0.1) is 0 Å². The van der Waals surface area contributed by atoms with Crippen LogP contribution in [0.3, 0.4) is 0 Å². The molecular weight excluding hydrogens is 202 g/mol. The topological polar surface area (TPSA) is 44.4 Å². The molecule has 1 amide bonds. The summed E-state index contributed by atoms with van der Waals surface area (Å²) in [6, 6.07) is 0.575. The maximum absolute atomic E-state index is 11.3. The number of carbonyl (C=O) groups is 1. The molecule has 0 rings (SSSR count). The summed E-state index contributed by atoms with van der Waals surface area (Å²) in [5.41, 5.74) is 0. The van der Waals surface area contributed by atoms with Crippen LogP contribution < -0.4 is 10.6 Å². The molecule has 0 heterocycles. The molecule has 0 aliphatic carbocycles. The summed E-state index contributed by atoms with van der Waals surface area (Å²) < 4.78 is 0. The van der Waals surface area contributed by atoms with Crippen LogP contribution in [0.1, 0.15) is 33.1 Å². The number of hydrogen-bond acceptors (Lipinski definition) is 3. The Hall–Kier alpha value is -0.610. The predicted octanol–water partition coefficient (Wildman–Crippen LogP) is 0.833. The van der Waals surface area contributed by atoms with Gasteiger partial charge in [-0.25, -0.2) is 0 Å². The number of amides is 1.